The third kappa shape index (κ3) is 9.62. The fourth-order valence-corrected chi connectivity index (χ4v) is 0. The van der Waals surface area contributed by atoms with Crippen LogP contribution >= 0.6 is 0 Å². The number of hydrogen-bond acceptors (Lipinski definition) is 0. The molecule has 0 amide bonds. The van der Waals surface area contributed by atoms with Crippen LogP contribution in [0, 0.1) is 0 Å². The molecule has 4 heavy (non-hydrogen) atoms. The molecule has 0 radical (unpaired) electrons. The quantitative estimate of drug-likeness (QED) is 0.458. The van der Waals surface area contributed by atoms with Gasteiger partial charge in [0.25, 0.3) is 0 Å². The van der Waals surface area contributed by atoms with Gasteiger partial charge in [-0.05, 0) is 0 Å². The second-order valence-corrected chi connectivity index (χ2v) is 0. The van der Waals surface area contributed by atoms with Crippen LogP contribution in [0.3, 0.4) is 0 Å². The normalized spacial score (nSPS) is 0. The van der Waals surface area contributed by atoms with Crippen LogP contribution in [-0.2, 0) is 60.7 Å². The Morgan fingerprint density at radius 3 is 0.750 bits per heavy atom. The van der Waals surface area contributed by atoms with E-state index >= 15 is 0 Å². The maximum atomic E-state index is 0. The van der Waals surface area contributed by atoms with Gasteiger partial charge in [0.05, 0.1) is 0 Å². The fourth-order valence-electron chi connectivity index (χ4n) is 0. The van der Waals surface area contributed by atoms with Gasteiger partial charge in [-0.1, -0.05) is 0 Å². The van der Waals surface area contributed by atoms with Crippen molar-refractivity contribution in [1.29, 1.82) is 0 Å². The summed E-state index contributed by atoms with van der Waals surface area (Å²) in [4.78, 5) is 0. The molecule has 0 bridgehead atoms. The maximum absolute atomic E-state index is 0. The van der Waals surface area contributed by atoms with Crippen LogP contribution in [0.5, 0.6) is 0 Å². The van der Waals surface area contributed by atoms with E-state index in [2.05, 4.69) is 0 Å². The maximum Gasteiger partial charge on any atom is 3.00 e. The standard InChI is InChI=1S/Fe.2O.Y/q+2;2*-2;+3. The Balaban J connectivity index is 0. The van der Waals surface area contributed by atoms with E-state index in [4.69, 9.17) is 0 Å². The Morgan fingerprint density at radius 2 is 0.750 bits per heavy atom. The Morgan fingerprint density at radius 1 is 0.750 bits per heavy atom. The van der Waals surface area contributed by atoms with E-state index in [0.717, 1.165) is 0 Å². The second kappa shape index (κ2) is 23.9. The first kappa shape index (κ1) is 48.0. The van der Waals surface area contributed by atoms with Crippen LogP contribution in [0.1, 0.15) is 0 Å². The summed E-state index contributed by atoms with van der Waals surface area (Å²) in [6.07, 6.45) is 0. The predicted octanol–water partition coefficient (Wildman–Crippen LogP) is -0.243. The molecule has 0 saturated heterocycles. The summed E-state index contributed by atoms with van der Waals surface area (Å²) < 4.78 is 0. The van der Waals surface area contributed by atoms with Gasteiger partial charge < -0.3 is 11.0 Å². The minimum Gasteiger partial charge on any atom is -2.00 e. The summed E-state index contributed by atoms with van der Waals surface area (Å²) in [6.45, 7) is 0. The molecule has 0 aromatic rings. The Labute approximate surface area is 60.3 Å². The van der Waals surface area contributed by atoms with Crippen LogP contribution in [0.15, 0.2) is 0 Å². The largest absolute Gasteiger partial charge is 3.00 e. The number of hydrogen-bond donors (Lipinski definition) is 0. The van der Waals surface area contributed by atoms with Gasteiger partial charge in [0, 0.05) is 0 Å². The van der Waals surface area contributed by atoms with Gasteiger partial charge in [-0.25, -0.2) is 0 Å². The molecule has 0 aliphatic heterocycles. The van der Waals surface area contributed by atoms with Crippen LogP contribution in [0.25, 0.3) is 0 Å². The average molecular weight is 177 g/mol. The zero-order valence-corrected chi connectivity index (χ0v) is 5.69. The molecule has 0 fully saturated rings. The molecule has 0 unspecified atom stereocenters. The van der Waals surface area contributed by atoms with Crippen molar-refractivity contribution >= 4 is 0 Å². The van der Waals surface area contributed by atoms with E-state index in [0.29, 0.717) is 0 Å². The van der Waals surface area contributed by atoms with Gasteiger partial charge in [-0.3, -0.25) is 0 Å². The third-order valence-corrected chi connectivity index (χ3v) is 0. The molecule has 0 aliphatic rings. The first-order valence-electron chi connectivity index (χ1n) is 0. The van der Waals surface area contributed by atoms with E-state index in [1.807, 2.05) is 0 Å². The van der Waals surface area contributed by atoms with E-state index < -0.39 is 0 Å². The minimum absolute atomic E-state index is 0. The Bertz CT molecular complexity index is 6.00. The van der Waals surface area contributed by atoms with Crippen molar-refractivity contribution in [3.8, 4) is 0 Å². The SMILES string of the molecule is [Fe+2].[O-2].[O-2].[Y+3]. The van der Waals surface area contributed by atoms with Crippen molar-refractivity contribution in [3.05, 3.63) is 0 Å². The molecule has 0 N–H and O–H groups in total. The summed E-state index contributed by atoms with van der Waals surface area (Å²) in [7, 11) is 0. The molecule has 0 aromatic heterocycles. The van der Waals surface area contributed by atoms with E-state index in [9.17, 15) is 0 Å². The molecule has 0 aliphatic carbocycles. The Kier molecular flexibility index (Phi) is 288. The Hall–Kier alpha value is 1.54. The van der Waals surface area contributed by atoms with Crippen LogP contribution in [-0.4, -0.2) is 0 Å². The summed E-state index contributed by atoms with van der Waals surface area (Å²) in [5.74, 6) is 0. The second-order valence-electron chi connectivity index (χ2n) is 0. The monoisotopic (exact) mass is 177 g/mol. The molecule has 4 heteroatoms. The molecule has 0 rings (SSSR count). The van der Waals surface area contributed by atoms with Crippen molar-refractivity contribution in [3.63, 3.8) is 0 Å². The topological polar surface area (TPSA) is 57.0 Å². The van der Waals surface area contributed by atoms with Gasteiger partial charge >= 0.3 is 49.8 Å². The van der Waals surface area contributed by atoms with Crippen molar-refractivity contribution in [1.82, 2.24) is 0 Å². The van der Waals surface area contributed by atoms with Crippen molar-refractivity contribution in [2.75, 3.05) is 0 Å². The first-order valence-corrected chi connectivity index (χ1v) is 0. The smallest absolute Gasteiger partial charge is 2.00 e. The summed E-state index contributed by atoms with van der Waals surface area (Å²) >= 11 is 0. The van der Waals surface area contributed by atoms with Gasteiger partial charge in [0.1, 0.15) is 0 Å². The molecule has 22 valence electrons. The molecule has 0 atom stereocenters. The molecule has 0 saturated carbocycles. The van der Waals surface area contributed by atoms with Crippen molar-refractivity contribution < 1.29 is 60.7 Å². The van der Waals surface area contributed by atoms with Crippen LogP contribution in [0.2, 0.25) is 0 Å². The summed E-state index contributed by atoms with van der Waals surface area (Å²) in [5.41, 5.74) is 0. The minimum atomic E-state index is 0. The first-order chi connectivity index (χ1) is 0. The van der Waals surface area contributed by atoms with E-state index in [1.165, 1.54) is 0 Å². The zero-order chi connectivity index (χ0) is 0. The fraction of sp³-hybridized carbons (Fsp3) is 0. The zero-order valence-electron chi connectivity index (χ0n) is 1.75. The average Bonchev–Trinajstić information content (AvgIpc) is 0. The van der Waals surface area contributed by atoms with Gasteiger partial charge in [0.2, 0.25) is 0 Å². The molecular weight excluding hydrogens is 177 g/mol. The molecule has 0 spiro atoms. The molecule has 0 heterocycles. The molecule has 0 aromatic carbocycles. The molecule has 2 nitrogen and oxygen atoms in total. The van der Waals surface area contributed by atoms with Crippen LogP contribution in [0.4, 0.5) is 0 Å². The van der Waals surface area contributed by atoms with Gasteiger partial charge in [0.15, 0.2) is 0 Å². The summed E-state index contributed by atoms with van der Waals surface area (Å²) in [5, 5.41) is 0. The van der Waals surface area contributed by atoms with E-state index in [1.54, 1.807) is 0 Å². The molecular formula is FeO2Y+. The van der Waals surface area contributed by atoms with Crippen molar-refractivity contribution in [2.45, 2.75) is 0 Å². The van der Waals surface area contributed by atoms with Crippen LogP contribution < -0.4 is 0 Å². The van der Waals surface area contributed by atoms with Gasteiger partial charge in [-0.15, -0.1) is 0 Å². The van der Waals surface area contributed by atoms with Crippen molar-refractivity contribution in [2.24, 2.45) is 0 Å². The predicted molar refractivity (Wildman–Crippen MR) is 1.37 cm³/mol. The third-order valence-electron chi connectivity index (χ3n) is 0. The summed E-state index contributed by atoms with van der Waals surface area (Å²) in [6, 6.07) is 0. The number of rotatable bonds is 0. The van der Waals surface area contributed by atoms with E-state index in [-0.39, 0.29) is 60.7 Å². The van der Waals surface area contributed by atoms with Gasteiger partial charge in [-0.2, -0.15) is 0 Å².